The van der Waals surface area contributed by atoms with Crippen LogP contribution < -0.4 is 10.5 Å². The molecule has 2 aromatic rings. The van der Waals surface area contributed by atoms with Crippen molar-refractivity contribution in [1.82, 2.24) is 0 Å². The number of nitrogens with one attached hydrogen (secondary N) is 1. The van der Waals surface area contributed by atoms with Gasteiger partial charge in [0.1, 0.15) is 10.7 Å². The number of carbonyl (C=O) groups is 1. The van der Waals surface area contributed by atoms with Crippen LogP contribution in [0.25, 0.3) is 0 Å². The molecule has 0 aliphatic rings. The van der Waals surface area contributed by atoms with Gasteiger partial charge in [-0.25, -0.2) is 17.9 Å². The number of hydrogen-bond acceptors (Lipinski definition) is 3. The molecule has 2 rings (SSSR count). The second kappa shape index (κ2) is 5.80. The summed E-state index contributed by atoms with van der Waals surface area (Å²) in [5, 5.41) is 7.26. The number of primary sulfonamides is 1. The number of amides is 1. The topological polar surface area (TPSA) is 89.3 Å². The van der Waals surface area contributed by atoms with Crippen molar-refractivity contribution in [3.63, 3.8) is 0 Å². The average molecular weight is 329 g/mol. The van der Waals surface area contributed by atoms with E-state index in [1.165, 1.54) is 36.4 Å². The van der Waals surface area contributed by atoms with Crippen LogP contribution in [0.15, 0.2) is 47.4 Å². The number of benzene rings is 2. The minimum atomic E-state index is -4.02. The summed E-state index contributed by atoms with van der Waals surface area (Å²) in [5.74, 6) is -1.68. The molecule has 2 aromatic carbocycles. The number of anilines is 1. The number of para-hydroxylation sites is 1. The van der Waals surface area contributed by atoms with Gasteiger partial charge >= 0.3 is 0 Å². The number of sulfonamides is 1. The second-order valence-corrected chi connectivity index (χ2v) is 6.03. The Morgan fingerprint density at radius 1 is 1.14 bits per heavy atom. The predicted molar refractivity (Wildman–Crippen MR) is 77.2 cm³/mol. The van der Waals surface area contributed by atoms with Gasteiger partial charge < -0.3 is 5.32 Å². The Morgan fingerprint density at radius 2 is 1.81 bits per heavy atom. The summed E-state index contributed by atoms with van der Waals surface area (Å²) >= 11 is 5.78. The molecule has 5 nitrogen and oxygen atoms in total. The third-order valence-electron chi connectivity index (χ3n) is 2.63. The smallest absolute Gasteiger partial charge is 0.260 e. The van der Waals surface area contributed by atoms with Gasteiger partial charge in [-0.15, -0.1) is 0 Å². The molecule has 0 aliphatic carbocycles. The first-order chi connectivity index (χ1) is 9.80. The molecule has 8 heteroatoms. The molecule has 0 unspecified atom stereocenters. The maximum atomic E-state index is 13.6. The lowest BCUT2D eigenvalue weighted by Crippen LogP contribution is -2.19. The zero-order valence-electron chi connectivity index (χ0n) is 10.5. The normalized spacial score (nSPS) is 11.2. The molecule has 0 spiro atoms. The van der Waals surface area contributed by atoms with Gasteiger partial charge in [-0.1, -0.05) is 29.8 Å². The minimum Gasteiger partial charge on any atom is -0.321 e. The van der Waals surface area contributed by atoms with Crippen LogP contribution in [-0.4, -0.2) is 14.3 Å². The first-order valence-electron chi connectivity index (χ1n) is 5.68. The summed E-state index contributed by atoms with van der Waals surface area (Å²) in [4.78, 5) is 11.8. The van der Waals surface area contributed by atoms with Gasteiger partial charge in [0.15, 0.2) is 0 Å². The largest absolute Gasteiger partial charge is 0.321 e. The van der Waals surface area contributed by atoms with E-state index in [1.54, 1.807) is 0 Å². The monoisotopic (exact) mass is 328 g/mol. The van der Waals surface area contributed by atoms with Crippen molar-refractivity contribution >= 4 is 33.2 Å². The molecule has 3 N–H and O–H groups in total. The van der Waals surface area contributed by atoms with Crippen molar-refractivity contribution in [2.75, 3.05) is 5.32 Å². The molecule has 0 saturated carbocycles. The Balaban J connectivity index is 2.42. The molecule has 0 fully saturated rings. The third-order valence-corrected chi connectivity index (χ3v) is 3.92. The maximum Gasteiger partial charge on any atom is 0.260 e. The number of hydrogen-bond donors (Lipinski definition) is 2. The Morgan fingerprint density at radius 3 is 2.43 bits per heavy atom. The summed E-state index contributed by atoms with van der Waals surface area (Å²) in [6.45, 7) is 0. The van der Waals surface area contributed by atoms with Crippen molar-refractivity contribution in [3.8, 4) is 0 Å². The molecular formula is C13H10ClFN2O3S. The molecule has 0 aliphatic heterocycles. The highest BCUT2D eigenvalue weighted by molar-refractivity contribution is 7.89. The Bertz CT molecular complexity index is 789. The SMILES string of the molecule is NS(=O)(=O)c1ccccc1NC(=O)c1c(F)cccc1Cl. The van der Waals surface area contributed by atoms with Crippen molar-refractivity contribution in [2.24, 2.45) is 5.14 Å². The van der Waals surface area contributed by atoms with Crippen LogP contribution >= 0.6 is 11.6 Å². The fraction of sp³-hybridized carbons (Fsp3) is 0. The predicted octanol–water partition coefficient (Wildman–Crippen LogP) is 2.38. The van der Waals surface area contributed by atoms with Crippen molar-refractivity contribution in [2.45, 2.75) is 4.90 Å². The molecule has 0 atom stereocenters. The quantitative estimate of drug-likeness (QED) is 0.906. The van der Waals surface area contributed by atoms with Crippen LogP contribution in [0.3, 0.4) is 0 Å². The first kappa shape index (κ1) is 15.4. The third kappa shape index (κ3) is 3.38. The molecule has 110 valence electrons. The molecule has 0 bridgehead atoms. The van der Waals surface area contributed by atoms with E-state index in [4.69, 9.17) is 16.7 Å². The van der Waals surface area contributed by atoms with Crippen LogP contribution in [-0.2, 0) is 10.0 Å². The van der Waals surface area contributed by atoms with E-state index >= 15 is 0 Å². The highest BCUT2D eigenvalue weighted by Gasteiger charge is 2.19. The van der Waals surface area contributed by atoms with Gasteiger partial charge in [-0.3, -0.25) is 4.79 Å². The van der Waals surface area contributed by atoms with E-state index < -0.39 is 21.7 Å². The standard InChI is InChI=1S/C13H10ClFN2O3S/c14-8-4-3-5-9(15)12(8)13(18)17-10-6-1-2-7-11(10)21(16,19)20/h1-7H,(H,17,18)(H2,16,19,20). The Labute approximate surface area is 125 Å². The number of carbonyl (C=O) groups excluding carboxylic acids is 1. The summed E-state index contributed by atoms with van der Waals surface area (Å²) < 4.78 is 36.5. The first-order valence-corrected chi connectivity index (χ1v) is 7.60. The molecule has 21 heavy (non-hydrogen) atoms. The lowest BCUT2D eigenvalue weighted by atomic mass is 10.2. The zero-order valence-corrected chi connectivity index (χ0v) is 12.1. The highest BCUT2D eigenvalue weighted by Crippen LogP contribution is 2.23. The van der Waals surface area contributed by atoms with E-state index in [-0.39, 0.29) is 21.2 Å². The summed E-state index contributed by atoms with van der Waals surface area (Å²) in [5.41, 5.74) is -0.423. The zero-order chi connectivity index (χ0) is 15.6. The van der Waals surface area contributed by atoms with Crippen LogP contribution in [0.1, 0.15) is 10.4 Å². The molecular weight excluding hydrogens is 319 g/mol. The molecule has 1 amide bonds. The number of halogens is 2. The van der Waals surface area contributed by atoms with Crippen LogP contribution in [0.2, 0.25) is 5.02 Å². The van der Waals surface area contributed by atoms with Gasteiger partial charge in [0.2, 0.25) is 10.0 Å². The van der Waals surface area contributed by atoms with E-state index in [0.717, 1.165) is 6.07 Å². The number of rotatable bonds is 3. The van der Waals surface area contributed by atoms with Gasteiger partial charge in [0, 0.05) is 0 Å². The van der Waals surface area contributed by atoms with Crippen LogP contribution in [0.5, 0.6) is 0 Å². The lowest BCUT2D eigenvalue weighted by molar-refractivity contribution is 0.102. The van der Waals surface area contributed by atoms with Crippen molar-refractivity contribution < 1.29 is 17.6 Å². The van der Waals surface area contributed by atoms with E-state index in [2.05, 4.69) is 5.32 Å². The minimum absolute atomic E-state index is 0.0516. The molecule has 0 radical (unpaired) electrons. The second-order valence-electron chi connectivity index (χ2n) is 4.09. The fourth-order valence-electron chi connectivity index (χ4n) is 1.72. The van der Waals surface area contributed by atoms with Gasteiger partial charge in [-0.2, -0.15) is 0 Å². The van der Waals surface area contributed by atoms with Crippen molar-refractivity contribution in [1.29, 1.82) is 0 Å². The Kier molecular flexibility index (Phi) is 4.26. The van der Waals surface area contributed by atoms with Gasteiger partial charge in [0.25, 0.3) is 5.91 Å². The number of nitrogens with two attached hydrogens (primary N) is 1. The van der Waals surface area contributed by atoms with E-state index in [1.807, 2.05) is 0 Å². The van der Waals surface area contributed by atoms with E-state index in [9.17, 15) is 17.6 Å². The lowest BCUT2D eigenvalue weighted by Gasteiger charge is -2.10. The highest BCUT2D eigenvalue weighted by atomic mass is 35.5. The summed E-state index contributed by atoms with van der Waals surface area (Å²) in [6.07, 6.45) is 0. The van der Waals surface area contributed by atoms with Gasteiger partial charge in [0.05, 0.1) is 16.3 Å². The fourth-order valence-corrected chi connectivity index (χ4v) is 2.66. The summed E-state index contributed by atoms with van der Waals surface area (Å²) in [6, 6.07) is 9.31. The van der Waals surface area contributed by atoms with E-state index in [0.29, 0.717) is 0 Å². The average Bonchev–Trinajstić information content (AvgIpc) is 2.37. The maximum absolute atomic E-state index is 13.6. The molecule has 0 aromatic heterocycles. The molecule has 0 heterocycles. The Hall–Kier alpha value is -1.96. The van der Waals surface area contributed by atoms with Crippen molar-refractivity contribution in [3.05, 3.63) is 58.9 Å². The van der Waals surface area contributed by atoms with Gasteiger partial charge in [-0.05, 0) is 24.3 Å². The molecule has 0 saturated heterocycles. The van der Waals surface area contributed by atoms with Crippen LogP contribution in [0, 0.1) is 5.82 Å². The van der Waals surface area contributed by atoms with Crippen LogP contribution in [0.4, 0.5) is 10.1 Å². The summed E-state index contributed by atoms with van der Waals surface area (Å²) in [7, 11) is -4.02.